The molecule has 0 fully saturated rings. The van der Waals surface area contributed by atoms with Gasteiger partial charge in [-0.2, -0.15) is 13.2 Å². The van der Waals surface area contributed by atoms with Gasteiger partial charge in [-0.3, -0.25) is 0 Å². The lowest BCUT2D eigenvalue weighted by Gasteiger charge is -2.30. The Morgan fingerprint density at radius 1 is 1.25 bits per heavy atom. The molecule has 136 valence electrons. The third-order valence-corrected chi connectivity index (χ3v) is 3.96. The summed E-state index contributed by atoms with van der Waals surface area (Å²) in [5.74, 6) is 0.0459. The topological polar surface area (TPSA) is 70.6 Å². The maximum Gasteiger partial charge on any atom is 0.422 e. The molecular formula is C16H23F3N2O3. The van der Waals surface area contributed by atoms with Crippen molar-refractivity contribution < 1.29 is 27.8 Å². The van der Waals surface area contributed by atoms with E-state index in [0.29, 0.717) is 24.1 Å². The zero-order valence-corrected chi connectivity index (χ0v) is 14.0. The Kier molecular flexibility index (Phi) is 6.89. The van der Waals surface area contributed by atoms with Crippen molar-refractivity contribution in [1.82, 2.24) is 5.32 Å². The van der Waals surface area contributed by atoms with Gasteiger partial charge < -0.3 is 20.5 Å². The van der Waals surface area contributed by atoms with Crippen LogP contribution in [0.25, 0.3) is 0 Å². The molecular weight excluding hydrogens is 325 g/mol. The highest BCUT2D eigenvalue weighted by Crippen LogP contribution is 2.27. The zero-order valence-electron chi connectivity index (χ0n) is 14.0. The lowest BCUT2D eigenvalue weighted by molar-refractivity contribution is -0.153. The molecule has 0 radical (unpaired) electrons. The Bertz CT molecular complexity index is 550. The monoisotopic (exact) mass is 348 g/mol. The number of nitrogens with one attached hydrogen (secondary N) is 2. The van der Waals surface area contributed by atoms with Crippen LogP contribution in [-0.4, -0.2) is 36.1 Å². The molecule has 2 amide bonds. The van der Waals surface area contributed by atoms with Crippen molar-refractivity contribution in [3.63, 3.8) is 0 Å². The highest BCUT2D eigenvalue weighted by Gasteiger charge is 2.29. The first-order chi connectivity index (χ1) is 11.2. The fourth-order valence-electron chi connectivity index (χ4n) is 2.15. The molecule has 0 aliphatic heterocycles. The third kappa shape index (κ3) is 5.59. The fraction of sp³-hybridized carbons (Fsp3) is 0.562. The summed E-state index contributed by atoms with van der Waals surface area (Å²) in [5, 5.41) is 14.8. The van der Waals surface area contributed by atoms with Crippen LogP contribution in [0.5, 0.6) is 5.75 Å². The van der Waals surface area contributed by atoms with E-state index in [1.807, 2.05) is 13.8 Å². The normalized spacial score (nSPS) is 12.0. The van der Waals surface area contributed by atoms with Crippen molar-refractivity contribution in [2.24, 2.45) is 0 Å². The molecule has 0 bridgehead atoms. The van der Waals surface area contributed by atoms with Crippen molar-refractivity contribution in [3.8, 4) is 5.75 Å². The summed E-state index contributed by atoms with van der Waals surface area (Å²) in [6.45, 7) is 3.64. The number of amides is 2. The number of rotatable bonds is 7. The van der Waals surface area contributed by atoms with Crippen molar-refractivity contribution in [2.75, 3.05) is 18.5 Å². The first kappa shape index (κ1) is 20.1. The van der Waals surface area contributed by atoms with E-state index in [4.69, 9.17) is 4.74 Å². The third-order valence-electron chi connectivity index (χ3n) is 3.96. The number of carbonyl (C=O) groups is 1. The van der Waals surface area contributed by atoms with Crippen LogP contribution in [0.2, 0.25) is 0 Å². The number of hydrogen-bond donors (Lipinski definition) is 3. The second-order valence-electron chi connectivity index (χ2n) is 5.56. The zero-order chi connectivity index (χ0) is 18.4. The van der Waals surface area contributed by atoms with Crippen LogP contribution in [-0.2, 0) is 0 Å². The molecule has 1 rings (SSSR count). The van der Waals surface area contributed by atoms with E-state index < -0.39 is 24.4 Å². The minimum Gasteiger partial charge on any atom is -0.484 e. The molecule has 8 heteroatoms. The van der Waals surface area contributed by atoms with Gasteiger partial charge in [-0.05, 0) is 31.9 Å². The minimum absolute atomic E-state index is 0.0459. The summed E-state index contributed by atoms with van der Waals surface area (Å²) < 4.78 is 41.5. The van der Waals surface area contributed by atoms with E-state index in [1.165, 1.54) is 12.1 Å². The Morgan fingerprint density at radius 2 is 1.88 bits per heavy atom. The predicted octanol–water partition coefficient (Wildman–Crippen LogP) is 3.61. The smallest absolute Gasteiger partial charge is 0.422 e. The Morgan fingerprint density at radius 3 is 2.38 bits per heavy atom. The Balaban J connectivity index is 2.83. The number of aliphatic hydroxyl groups is 1. The summed E-state index contributed by atoms with van der Waals surface area (Å²) in [6.07, 6.45) is -3.35. The minimum atomic E-state index is -4.43. The van der Waals surface area contributed by atoms with Gasteiger partial charge in [0.05, 0.1) is 12.1 Å². The number of urea groups is 1. The van der Waals surface area contributed by atoms with E-state index in [2.05, 4.69) is 10.6 Å². The molecule has 0 aliphatic carbocycles. The van der Waals surface area contributed by atoms with Gasteiger partial charge in [-0.15, -0.1) is 0 Å². The maximum absolute atomic E-state index is 12.3. The fourth-order valence-corrected chi connectivity index (χ4v) is 2.15. The number of ether oxygens (including phenoxy) is 1. The Labute approximate surface area is 139 Å². The molecule has 24 heavy (non-hydrogen) atoms. The molecule has 0 aliphatic rings. The molecule has 0 saturated heterocycles. The van der Waals surface area contributed by atoms with Crippen molar-refractivity contribution in [3.05, 3.63) is 23.8 Å². The summed E-state index contributed by atoms with van der Waals surface area (Å²) in [4.78, 5) is 12.1. The number of alkyl halides is 3. The van der Waals surface area contributed by atoms with E-state index in [9.17, 15) is 23.1 Å². The molecule has 0 unspecified atom stereocenters. The number of anilines is 1. The molecule has 0 atom stereocenters. The van der Waals surface area contributed by atoms with Crippen LogP contribution in [0, 0.1) is 6.92 Å². The van der Waals surface area contributed by atoms with Gasteiger partial charge in [0.25, 0.3) is 0 Å². The van der Waals surface area contributed by atoms with Crippen LogP contribution in [0.3, 0.4) is 0 Å². The number of halogens is 3. The molecule has 0 aromatic heterocycles. The van der Waals surface area contributed by atoms with Crippen LogP contribution < -0.4 is 15.4 Å². The number of hydrogen-bond acceptors (Lipinski definition) is 3. The van der Waals surface area contributed by atoms with Crippen LogP contribution in [0.1, 0.15) is 32.3 Å². The molecule has 0 spiro atoms. The summed E-state index contributed by atoms with van der Waals surface area (Å²) in [7, 11) is 0. The van der Waals surface area contributed by atoms with E-state index in [-0.39, 0.29) is 12.4 Å². The van der Waals surface area contributed by atoms with Gasteiger partial charge in [0.2, 0.25) is 0 Å². The lowest BCUT2D eigenvalue weighted by Crippen LogP contribution is -2.52. The quantitative estimate of drug-likeness (QED) is 0.705. The standard InChI is InChI=1S/C16H23F3N2O3/c1-4-15(5-2,9-22)21-14(23)20-12-7-6-8-13(11(12)3)24-10-16(17,18)19/h6-8,22H,4-5,9-10H2,1-3H3,(H2,20,21,23). The molecule has 1 aromatic rings. The largest absolute Gasteiger partial charge is 0.484 e. The van der Waals surface area contributed by atoms with Gasteiger partial charge in [0.15, 0.2) is 6.61 Å². The maximum atomic E-state index is 12.3. The number of benzene rings is 1. The molecule has 5 nitrogen and oxygen atoms in total. The highest BCUT2D eigenvalue weighted by atomic mass is 19.4. The van der Waals surface area contributed by atoms with Crippen LogP contribution >= 0.6 is 0 Å². The number of carbonyl (C=O) groups excluding carboxylic acids is 1. The van der Waals surface area contributed by atoms with E-state index in [0.717, 1.165) is 0 Å². The van der Waals surface area contributed by atoms with Crippen molar-refractivity contribution in [2.45, 2.75) is 45.3 Å². The first-order valence-electron chi connectivity index (χ1n) is 7.65. The van der Waals surface area contributed by atoms with Gasteiger partial charge in [-0.1, -0.05) is 19.9 Å². The van der Waals surface area contributed by atoms with Crippen LogP contribution in [0.15, 0.2) is 18.2 Å². The molecule has 0 saturated carbocycles. The molecule has 0 heterocycles. The summed E-state index contributed by atoms with van der Waals surface area (Å²) >= 11 is 0. The average Bonchev–Trinajstić information content (AvgIpc) is 2.53. The van der Waals surface area contributed by atoms with Gasteiger partial charge in [0.1, 0.15) is 5.75 Å². The van der Waals surface area contributed by atoms with Crippen molar-refractivity contribution in [1.29, 1.82) is 0 Å². The highest BCUT2D eigenvalue weighted by molar-refractivity contribution is 5.91. The lowest BCUT2D eigenvalue weighted by atomic mass is 9.94. The van der Waals surface area contributed by atoms with Gasteiger partial charge in [-0.25, -0.2) is 4.79 Å². The van der Waals surface area contributed by atoms with Gasteiger partial charge in [0, 0.05) is 11.3 Å². The van der Waals surface area contributed by atoms with E-state index >= 15 is 0 Å². The van der Waals surface area contributed by atoms with Crippen LogP contribution in [0.4, 0.5) is 23.7 Å². The second-order valence-corrected chi connectivity index (χ2v) is 5.56. The predicted molar refractivity (Wildman–Crippen MR) is 85.3 cm³/mol. The van der Waals surface area contributed by atoms with Gasteiger partial charge >= 0.3 is 12.2 Å². The SMILES string of the molecule is CCC(CC)(CO)NC(=O)Nc1cccc(OCC(F)(F)F)c1C. The molecule has 3 N–H and O–H groups in total. The molecule has 1 aromatic carbocycles. The second kappa shape index (κ2) is 8.23. The van der Waals surface area contributed by atoms with Crippen molar-refractivity contribution >= 4 is 11.7 Å². The Hall–Kier alpha value is -1.96. The van der Waals surface area contributed by atoms with E-state index in [1.54, 1.807) is 13.0 Å². The summed E-state index contributed by atoms with van der Waals surface area (Å²) in [5.41, 5.74) is -0.00623. The summed E-state index contributed by atoms with van der Waals surface area (Å²) in [6, 6.07) is 3.92. The first-order valence-corrected chi connectivity index (χ1v) is 7.65. The number of aliphatic hydroxyl groups excluding tert-OH is 1. The average molecular weight is 348 g/mol.